The van der Waals surface area contributed by atoms with E-state index in [9.17, 15) is 4.79 Å². The Hall–Kier alpha value is -1.35. The van der Waals surface area contributed by atoms with Crippen molar-refractivity contribution in [2.45, 2.75) is 51.6 Å². The molecule has 110 valence electrons. The highest BCUT2D eigenvalue weighted by atomic mass is 16.5. The molecule has 0 saturated carbocycles. The monoisotopic (exact) mass is 275 g/mol. The third-order valence-corrected chi connectivity index (χ3v) is 3.83. The molecule has 0 aromatic heterocycles. The van der Waals surface area contributed by atoms with Gasteiger partial charge in [0.1, 0.15) is 0 Å². The van der Waals surface area contributed by atoms with Crippen LogP contribution in [0.4, 0.5) is 0 Å². The maximum atomic E-state index is 12.5. The van der Waals surface area contributed by atoms with Gasteiger partial charge in [0.25, 0.3) is 0 Å². The molecular weight excluding hydrogens is 250 g/mol. The molecule has 3 nitrogen and oxygen atoms in total. The topological polar surface area (TPSA) is 29.5 Å². The van der Waals surface area contributed by atoms with E-state index in [-0.39, 0.29) is 17.5 Å². The molecule has 1 fully saturated rings. The first-order valence-electron chi connectivity index (χ1n) is 7.48. The molecule has 1 atom stereocenters. The van der Waals surface area contributed by atoms with Crippen molar-refractivity contribution in [1.82, 2.24) is 4.90 Å². The zero-order valence-electron chi connectivity index (χ0n) is 12.8. The summed E-state index contributed by atoms with van der Waals surface area (Å²) < 4.78 is 5.73. The highest BCUT2D eigenvalue weighted by molar-refractivity contribution is 5.77. The molecule has 0 bridgehead atoms. The second-order valence-electron chi connectivity index (χ2n) is 6.18. The van der Waals surface area contributed by atoms with E-state index in [4.69, 9.17) is 4.74 Å². The summed E-state index contributed by atoms with van der Waals surface area (Å²) in [6.45, 7) is 7.49. The summed E-state index contributed by atoms with van der Waals surface area (Å²) in [5.74, 6) is 0.252. The molecule has 2 rings (SSSR count). The molecule has 1 aliphatic heterocycles. The van der Waals surface area contributed by atoms with Crippen LogP contribution in [0.1, 0.15) is 39.2 Å². The van der Waals surface area contributed by atoms with Crippen molar-refractivity contribution >= 4 is 5.91 Å². The molecular formula is C17H25NO2. The lowest BCUT2D eigenvalue weighted by Crippen LogP contribution is -2.61. The van der Waals surface area contributed by atoms with Crippen molar-refractivity contribution in [2.24, 2.45) is 0 Å². The number of nitrogens with zero attached hydrogens (tertiary/aromatic N) is 1. The summed E-state index contributed by atoms with van der Waals surface area (Å²) >= 11 is 0. The summed E-state index contributed by atoms with van der Waals surface area (Å²) in [5, 5.41) is 0. The number of hydrogen-bond donors (Lipinski definition) is 0. The molecule has 0 radical (unpaired) electrons. The van der Waals surface area contributed by atoms with E-state index in [0.717, 1.165) is 12.8 Å². The van der Waals surface area contributed by atoms with Crippen molar-refractivity contribution < 1.29 is 9.53 Å². The quantitative estimate of drug-likeness (QED) is 0.845. The maximum Gasteiger partial charge on any atom is 0.223 e. The standard InChI is InChI=1S/C17H25NO2/c1-4-8-16(19)18-15(12-20-13-17(18,2)3)11-14-9-6-5-7-10-14/h5-7,9-10,15H,4,8,11-13H2,1-3H3. The molecule has 0 spiro atoms. The van der Waals surface area contributed by atoms with Gasteiger partial charge in [-0.25, -0.2) is 0 Å². The van der Waals surface area contributed by atoms with Gasteiger partial charge in [0, 0.05) is 6.42 Å². The third-order valence-electron chi connectivity index (χ3n) is 3.83. The van der Waals surface area contributed by atoms with Gasteiger partial charge in [-0.1, -0.05) is 37.3 Å². The van der Waals surface area contributed by atoms with E-state index < -0.39 is 0 Å². The fourth-order valence-corrected chi connectivity index (χ4v) is 2.99. The molecule has 1 aliphatic rings. The van der Waals surface area contributed by atoms with Gasteiger partial charge in [0.15, 0.2) is 0 Å². The Bertz CT molecular complexity index is 442. The normalized spacial score (nSPS) is 21.8. The van der Waals surface area contributed by atoms with Crippen molar-refractivity contribution in [2.75, 3.05) is 13.2 Å². The zero-order valence-corrected chi connectivity index (χ0v) is 12.8. The van der Waals surface area contributed by atoms with Gasteiger partial charge in [-0.15, -0.1) is 0 Å². The third kappa shape index (κ3) is 3.40. The lowest BCUT2D eigenvalue weighted by atomic mass is 9.94. The van der Waals surface area contributed by atoms with Gasteiger partial charge in [0.05, 0.1) is 24.8 Å². The Kier molecular flexibility index (Phi) is 4.81. The molecule has 0 aliphatic carbocycles. The van der Waals surface area contributed by atoms with Gasteiger partial charge in [-0.05, 0) is 32.3 Å². The van der Waals surface area contributed by atoms with Crippen LogP contribution in [0.3, 0.4) is 0 Å². The maximum absolute atomic E-state index is 12.5. The first-order valence-corrected chi connectivity index (χ1v) is 7.48. The van der Waals surface area contributed by atoms with E-state index in [1.54, 1.807) is 0 Å². The largest absolute Gasteiger partial charge is 0.377 e. The number of ether oxygens (including phenoxy) is 1. The van der Waals surface area contributed by atoms with Gasteiger partial charge in [-0.2, -0.15) is 0 Å². The minimum Gasteiger partial charge on any atom is -0.377 e. The zero-order chi connectivity index (χ0) is 14.6. The predicted molar refractivity (Wildman–Crippen MR) is 80.6 cm³/mol. The average molecular weight is 275 g/mol. The smallest absolute Gasteiger partial charge is 0.223 e. The first-order chi connectivity index (χ1) is 9.54. The second kappa shape index (κ2) is 6.40. The number of carbonyl (C=O) groups excluding carboxylic acids is 1. The highest BCUT2D eigenvalue weighted by Gasteiger charge is 2.39. The number of rotatable bonds is 4. The fourth-order valence-electron chi connectivity index (χ4n) is 2.99. The number of hydrogen-bond acceptors (Lipinski definition) is 2. The van der Waals surface area contributed by atoms with Crippen molar-refractivity contribution in [3.05, 3.63) is 35.9 Å². The van der Waals surface area contributed by atoms with Crippen LogP contribution in [-0.4, -0.2) is 35.6 Å². The van der Waals surface area contributed by atoms with E-state index in [0.29, 0.717) is 19.6 Å². The minimum absolute atomic E-state index is 0.139. The SMILES string of the molecule is CCCC(=O)N1C(Cc2ccccc2)COCC1(C)C. The van der Waals surface area contributed by atoms with Crippen LogP contribution in [-0.2, 0) is 16.0 Å². The molecule has 1 unspecified atom stereocenters. The lowest BCUT2D eigenvalue weighted by Gasteiger charge is -2.47. The number of morpholine rings is 1. The fraction of sp³-hybridized carbons (Fsp3) is 0.588. The minimum atomic E-state index is -0.218. The Morgan fingerprint density at radius 2 is 2.05 bits per heavy atom. The van der Waals surface area contributed by atoms with Gasteiger partial charge in [0.2, 0.25) is 5.91 Å². The Labute approximate surface area is 121 Å². The van der Waals surface area contributed by atoms with E-state index in [1.165, 1.54) is 5.56 Å². The van der Waals surface area contributed by atoms with Crippen molar-refractivity contribution in [3.63, 3.8) is 0 Å². The van der Waals surface area contributed by atoms with Crippen LogP contribution < -0.4 is 0 Å². The van der Waals surface area contributed by atoms with Gasteiger partial charge < -0.3 is 9.64 Å². The Morgan fingerprint density at radius 1 is 1.35 bits per heavy atom. The molecule has 1 saturated heterocycles. The molecule has 1 aromatic carbocycles. The van der Waals surface area contributed by atoms with Crippen molar-refractivity contribution in [3.8, 4) is 0 Å². The Morgan fingerprint density at radius 3 is 2.70 bits per heavy atom. The second-order valence-corrected chi connectivity index (χ2v) is 6.18. The summed E-state index contributed by atoms with van der Waals surface area (Å²) in [7, 11) is 0. The molecule has 1 amide bonds. The van der Waals surface area contributed by atoms with Crippen LogP contribution in [0.25, 0.3) is 0 Å². The van der Waals surface area contributed by atoms with Crippen LogP contribution in [0.15, 0.2) is 30.3 Å². The van der Waals surface area contributed by atoms with E-state index in [1.807, 2.05) is 18.2 Å². The van der Waals surface area contributed by atoms with E-state index >= 15 is 0 Å². The number of amides is 1. The number of benzene rings is 1. The summed E-state index contributed by atoms with van der Waals surface area (Å²) in [6.07, 6.45) is 2.37. The molecule has 20 heavy (non-hydrogen) atoms. The molecule has 1 aromatic rings. The predicted octanol–water partition coefficient (Wildman–Crippen LogP) is 3.04. The van der Waals surface area contributed by atoms with Crippen LogP contribution in [0.2, 0.25) is 0 Å². The summed E-state index contributed by atoms with van der Waals surface area (Å²) in [6, 6.07) is 10.5. The molecule has 3 heteroatoms. The lowest BCUT2D eigenvalue weighted by molar-refractivity contribution is -0.155. The van der Waals surface area contributed by atoms with E-state index in [2.05, 4.69) is 37.8 Å². The van der Waals surface area contributed by atoms with Crippen molar-refractivity contribution in [1.29, 1.82) is 0 Å². The van der Waals surface area contributed by atoms with Crippen LogP contribution in [0, 0.1) is 0 Å². The van der Waals surface area contributed by atoms with Gasteiger partial charge in [-0.3, -0.25) is 4.79 Å². The molecule has 0 N–H and O–H groups in total. The first kappa shape index (κ1) is 15.0. The number of carbonyl (C=O) groups is 1. The van der Waals surface area contributed by atoms with Crippen LogP contribution in [0.5, 0.6) is 0 Å². The summed E-state index contributed by atoms with van der Waals surface area (Å²) in [5.41, 5.74) is 1.04. The average Bonchev–Trinajstić information content (AvgIpc) is 2.39. The summed E-state index contributed by atoms with van der Waals surface area (Å²) in [4.78, 5) is 14.5. The Balaban J connectivity index is 2.17. The highest BCUT2D eigenvalue weighted by Crippen LogP contribution is 2.26. The van der Waals surface area contributed by atoms with Crippen LogP contribution >= 0.6 is 0 Å². The molecule has 1 heterocycles. The van der Waals surface area contributed by atoms with Gasteiger partial charge >= 0.3 is 0 Å².